The van der Waals surface area contributed by atoms with Crippen molar-refractivity contribution in [1.82, 2.24) is 4.98 Å². The second-order valence-corrected chi connectivity index (χ2v) is 5.25. The van der Waals surface area contributed by atoms with Gasteiger partial charge in [0.2, 0.25) is 0 Å². The Kier molecular flexibility index (Phi) is 3.97. The molecule has 3 heteroatoms. The maximum Gasteiger partial charge on any atom is 0.196 e. The third-order valence-electron chi connectivity index (χ3n) is 3.06. The number of benzene rings is 2. The zero-order valence-corrected chi connectivity index (χ0v) is 12.5. The van der Waals surface area contributed by atoms with Gasteiger partial charge in [-0.2, -0.15) is 0 Å². The zero-order valence-electron chi connectivity index (χ0n) is 10.9. The molecule has 2 nitrogen and oxygen atoms in total. The predicted octanol–water partition coefficient (Wildman–Crippen LogP) is 4.95. The number of alkyl halides is 1. The van der Waals surface area contributed by atoms with Crippen molar-refractivity contribution in [2.45, 2.75) is 6.42 Å². The lowest BCUT2D eigenvalue weighted by Gasteiger charge is -2.00. The highest BCUT2D eigenvalue weighted by atomic mass is 79.9. The van der Waals surface area contributed by atoms with E-state index >= 15 is 0 Å². The van der Waals surface area contributed by atoms with E-state index in [1.165, 1.54) is 0 Å². The molecule has 0 atom stereocenters. The highest BCUT2D eigenvalue weighted by Gasteiger charge is 2.16. The van der Waals surface area contributed by atoms with Gasteiger partial charge >= 0.3 is 0 Å². The fraction of sp³-hybridized carbons (Fsp3) is 0.118. The number of halogens is 1. The standard InChI is InChI=1S/C17H14BrNO/c18-12-11-15-19-16(13-7-3-1-4-8-13)17(20-15)14-9-5-2-6-10-14/h1-10H,11-12H2. The first-order valence-electron chi connectivity index (χ1n) is 6.55. The van der Waals surface area contributed by atoms with E-state index in [4.69, 9.17) is 4.42 Å². The second-order valence-electron chi connectivity index (χ2n) is 4.46. The molecule has 20 heavy (non-hydrogen) atoms. The average Bonchev–Trinajstić information content (AvgIpc) is 2.93. The molecule has 3 rings (SSSR count). The smallest absolute Gasteiger partial charge is 0.196 e. The molecule has 0 unspecified atom stereocenters. The van der Waals surface area contributed by atoms with E-state index in [2.05, 4.69) is 33.0 Å². The van der Waals surface area contributed by atoms with Crippen molar-refractivity contribution in [2.75, 3.05) is 5.33 Å². The van der Waals surface area contributed by atoms with Gasteiger partial charge in [-0.05, 0) is 0 Å². The summed E-state index contributed by atoms with van der Waals surface area (Å²) in [4.78, 5) is 4.65. The van der Waals surface area contributed by atoms with E-state index in [0.717, 1.165) is 40.2 Å². The number of aromatic nitrogens is 1. The molecular formula is C17H14BrNO. The molecular weight excluding hydrogens is 314 g/mol. The first kappa shape index (κ1) is 13.1. The van der Waals surface area contributed by atoms with Gasteiger partial charge in [-0.3, -0.25) is 0 Å². The van der Waals surface area contributed by atoms with Crippen LogP contribution in [0.4, 0.5) is 0 Å². The van der Waals surface area contributed by atoms with Gasteiger partial charge in [-0.1, -0.05) is 76.6 Å². The largest absolute Gasteiger partial charge is 0.440 e. The number of aryl methyl sites for hydroxylation is 1. The van der Waals surface area contributed by atoms with Gasteiger partial charge < -0.3 is 4.42 Å². The number of hydrogen-bond donors (Lipinski definition) is 0. The van der Waals surface area contributed by atoms with Crippen LogP contribution in [0.5, 0.6) is 0 Å². The van der Waals surface area contributed by atoms with Gasteiger partial charge in [-0.15, -0.1) is 0 Å². The lowest BCUT2D eigenvalue weighted by Crippen LogP contribution is -1.85. The quantitative estimate of drug-likeness (QED) is 0.634. The van der Waals surface area contributed by atoms with Crippen LogP contribution in [0.1, 0.15) is 5.89 Å². The molecule has 1 aromatic heterocycles. The minimum atomic E-state index is 0.764. The summed E-state index contributed by atoms with van der Waals surface area (Å²) in [6.45, 7) is 0. The number of hydrogen-bond acceptors (Lipinski definition) is 2. The molecule has 0 N–H and O–H groups in total. The van der Waals surface area contributed by atoms with Crippen LogP contribution < -0.4 is 0 Å². The minimum absolute atomic E-state index is 0.764. The Bertz CT molecular complexity index is 620. The van der Waals surface area contributed by atoms with E-state index < -0.39 is 0 Å². The van der Waals surface area contributed by atoms with Crippen molar-refractivity contribution in [1.29, 1.82) is 0 Å². The van der Waals surface area contributed by atoms with Crippen molar-refractivity contribution in [2.24, 2.45) is 0 Å². The third kappa shape index (κ3) is 2.68. The minimum Gasteiger partial charge on any atom is -0.440 e. The molecule has 0 spiro atoms. The first-order valence-corrected chi connectivity index (χ1v) is 7.67. The first-order chi connectivity index (χ1) is 9.88. The van der Waals surface area contributed by atoms with Crippen LogP contribution in [0.25, 0.3) is 22.6 Å². The van der Waals surface area contributed by atoms with Crippen LogP contribution in [0.3, 0.4) is 0 Å². The van der Waals surface area contributed by atoms with Crippen molar-refractivity contribution in [3.63, 3.8) is 0 Å². The number of oxazole rings is 1. The monoisotopic (exact) mass is 327 g/mol. The summed E-state index contributed by atoms with van der Waals surface area (Å²) in [7, 11) is 0. The molecule has 0 radical (unpaired) electrons. The highest BCUT2D eigenvalue weighted by molar-refractivity contribution is 9.09. The van der Waals surface area contributed by atoms with Crippen LogP contribution in [-0.2, 0) is 6.42 Å². The predicted molar refractivity (Wildman–Crippen MR) is 84.9 cm³/mol. The van der Waals surface area contributed by atoms with E-state index in [-0.39, 0.29) is 0 Å². The third-order valence-corrected chi connectivity index (χ3v) is 3.46. The van der Waals surface area contributed by atoms with Gasteiger partial charge in [-0.25, -0.2) is 4.98 Å². The Labute approximate surface area is 126 Å². The second kappa shape index (κ2) is 6.06. The van der Waals surface area contributed by atoms with Crippen molar-refractivity contribution < 1.29 is 4.42 Å². The number of rotatable bonds is 4. The van der Waals surface area contributed by atoms with Crippen molar-refractivity contribution in [3.8, 4) is 22.6 Å². The summed E-state index contributed by atoms with van der Waals surface area (Å²) in [5.41, 5.74) is 3.04. The number of nitrogens with zero attached hydrogens (tertiary/aromatic N) is 1. The molecule has 0 aliphatic heterocycles. The van der Waals surface area contributed by atoms with Crippen LogP contribution >= 0.6 is 15.9 Å². The molecule has 0 saturated carbocycles. The van der Waals surface area contributed by atoms with Crippen LogP contribution in [0, 0.1) is 0 Å². The van der Waals surface area contributed by atoms with Gasteiger partial charge in [0.25, 0.3) is 0 Å². The van der Waals surface area contributed by atoms with E-state index in [1.54, 1.807) is 0 Å². The summed E-state index contributed by atoms with van der Waals surface area (Å²) >= 11 is 3.43. The fourth-order valence-corrected chi connectivity index (χ4v) is 2.47. The van der Waals surface area contributed by atoms with Crippen molar-refractivity contribution in [3.05, 3.63) is 66.6 Å². The van der Waals surface area contributed by atoms with Crippen LogP contribution in [-0.4, -0.2) is 10.3 Å². The molecule has 100 valence electrons. The average molecular weight is 328 g/mol. The fourth-order valence-electron chi connectivity index (χ4n) is 2.13. The topological polar surface area (TPSA) is 26.0 Å². The Hall–Kier alpha value is -1.87. The van der Waals surface area contributed by atoms with E-state index in [0.29, 0.717) is 0 Å². The SMILES string of the molecule is BrCCc1nc(-c2ccccc2)c(-c2ccccc2)o1. The van der Waals surface area contributed by atoms with Gasteiger partial charge in [0, 0.05) is 22.9 Å². The molecule has 0 saturated heterocycles. The van der Waals surface area contributed by atoms with Gasteiger partial charge in [0.05, 0.1) is 0 Å². The Morgan fingerprint density at radius 3 is 2.05 bits per heavy atom. The summed E-state index contributed by atoms with van der Waals surface area (Å²) in [6, 6.07) is 20.3. The van der Waals surface area contributed by atoms with Gasteiger partial charge in [0.15, 0.2) is 11.7 Å². The summed E-state index contributed by atoms with van der Waals surface area (Å²) < 4.78 is 5.95. The molecule has 2 aromatic carbocycles. The molecule has 0 bridgehead atoms. The highest BCUT2D eigenvalue weighted by Crippen LogP contribution is 2.32. The molecule has 1 heterocycles. The summed E-state index contributed by atoms with van der Waals surface area (Å²) in [6.07, 6.45) is 0.784. The molecule has 0 amide bonds. The van der Waals surface area contributed by atoms with E-state index in [1.807, 2.05) is 48.5 Å². The Morgan fingerprint density at radius 1 is 0.850 bits per heavy atom. The van der Waals surface area contributed by atoms with Crippen molar-refractivity contribution >= 4 is 15.9 Å². The maximum absolute atomic E-state index is 5.95. The molecule has 0 aliphatic rings. The Balaban J connectivity index is 2.13. The maximum atomic E-state index is 5.95. The normalized spacial score (nSPS) is 10.7. The van der Waals surface area contributed by atoms with E-state index in [9.17, 15) is 0 Å². The van der Waals surface area contributed by atoms with Crippen LogP contribution in [0.2, 0.25) is 0 Å². The zero-order chi connectivity index (χ0) is 13.8. The Morgan fingerprint density at radius 2 is 1.45 bits per heavy atom. The lowest BCUT2D eigenvalue weighted by molar-refractivity contribution is 0.515. The molecule has 0 fully saturated rings. The summed E-state index contributed by atoms with van der Waals surface area (Å²) in [5, 5.41) is 0.843. The summed E-state index contributed by atoms with van der Waals surface area (Å²) in [5.74, 6) is 1.60. The molecule has 0 aliphatic carbocycles. The lowest BCUT2D eigenvalue weighted by atomic mass is 10.1. The van der Waals surface area contributed by atoms with Crippen LogP contribution in [0.15, 0.2) is 65.1 Å². The molecule has 3 aromatic rings. The van der Waals surface area contributed by atoms with Gasteiger partial charge in [0.1, 0.15) is 5.69 Å².